The fourth-order valence-electron chi connectivity index (χ4n) is 9.62. The molecule has 0 atom stereocenters. The van der Waals surface area contributed by atoms with E-state index in [1.165, 1.54) is 67.3 Å². The number of nitrogen functional groups attached to an aromatic ring is 1. The van der Waals surface area contributed by atoms with E-state index in [1.54, 1.807) is 0 Å². The Morgan fingerprint density at radius 1 is 0.593 bits per heavy atom. The number of phenols is 2. The van der Waals surface area contributed by atoms with Crippen LogP contribution in [-0.4, -0.2) is 21.8 Å². The second-order valence-electron chi connectivity index (χ2n) is 16.9. The monoisotopic (exact) mass is 792 g/mol. The minimum atomic E-state index is -0.710. The molecule has 0 saturated heterocycles. The predicted molar refractivity (Wildman–Crippen MR) is 234 cm³/mol. The Morgan fingerprint density at radius 3 is 1.53 bits per heavy atom. The summed E-state index contributed by atoms with van der Waals surface area (Å²) in [6.45, 7) is 6.65. The molecule has 0 aromatic heterocycles. The highest BCUT2D eigenvalue weighted by Gasteiger charge is 2.40. The van der Waals surface area contributed by atoms with Crippen LogP contribution in [0.4, 0.5) is 17.1 Å². The molecule has 3 aliphatic rings. The van der Waals surface area contributed by atoms with Crippen LogP contribution in [-0.2, 0) is 6.42 Å². The van der Waals surface area contributed by atoms with E-state index in [2.05, 4.69) is 50.4 Å². The third-order valence-electron chi connectivity index (χ3n) is 13.2. The van der Waals surface area contributed by atoms with Gasteiger partial charge in [0.05, 0.1) is 27.9 Å². The fourth-order valence-corrected chi connectivity index (χ4v) is 9.62. The summed E-state index contributed by atoms with van der Waals surface area (Å²) in [4.78, 5) is 29.2. The first kappa shape index (κ1) is 40.0. The Hall–Kier alpha value is -5.76. The molecular weight excluding hydrogens is 737 g/mol. The van der Waals surface area contributed by atoms with Crippen LogP contribution >= 0.6 is 0 Å². The van der Waals surface area contributed by atoms with Gasteiger partial charge in [0, 0.05) is 23.5 Å². The first-order valence-corrected chi connectivity index (χ1v) is 21.7. The van der Waals surface area contributed by atoms with Gasteiger partial charge in [0.15, 0.2) is 23.0 Å². The number of ether oxygens (including phenoxy) is 2. The van der Waals surface area contributed by atoms with Crippen molar-refractivity contribution in [3.05, 3.63) is 124 Å². The molecule has 8 heteroatoms. The van der Waals surface area contributed by atoms with Crippen molar-refractivity contribution in [2.24, 2.45) is 11.8 Å². The lowest BCUT2D eigenvalue weighted by Gasteiger charge is -2.28. The number of benzene rings is 5. The lowest BCUT2D eigenvalue weighted by Crippen LogP contribution is -2.24. The van der Waals surface area contributed by atoms with Crippen LogP contribution < -0.4 is 20.5 Å². The lowest BCUT2D eigenvalue weighted by molar-refractivity contribution is 0.0974. The average Bonchev–Trinajstić information content (AvgIpc) is 3.26. The molecule has 0 radical (unpaired) electrons. The minimum Gasteiger partial charge on any atom is -0.504 e. The van der Waals surface area contributed by atoms with Crippen LogP contribution in [0.25, 0.3) is 0 Å². The Kier molecular flexibility index (Phi) is 11.7. The maximum atomic E-state index is 14.7. The number of nitrogens with two attached hydrogens (primary N) is 1. The summed E-state index contributed by atoms with van der Waals surface area (Å²) in [5, 5.41) is 26.8. The molecule has 0 spiro atoms. The number of aryl methyl sites for hydroxylation is 1. The van der Waals surface area contributed by atoms with Crippen molar-refractivity contribution in [2.45, 2.75) is 110 Å². The Labute approximate surface area is 347 Å². The van der Waals surface area contributed by atoms with Crippen molar-refractivity contribution in [2.75, 3.05) is 11.1 Å². The first-order valence-electron chi connectivity index (χ1n) is 21.7. The SMILES string of the molecule is CCCc1ccc(Nc2cc(Oc3ccc(C4CCC(CC)CC4)cc3)c(O)c3c2C(=O)c2c(O)c(Oc4ccc(C5CCC(CC)CC5)cc4)cc(N)c2C3=O)cc1. The van der Waals surface area contributed by atoms with Crippen molar-refractivity contribution in [3.8, 4) is 34.5 Å². The standard InChI is InChI=1S/C51H56N2O6/c1-4-7-32-12-22-37(23-13-32)53-41-29-43(59-39-26-20-36(21-27-39)34-16-10-31(6-3)11-17-34)49(55)47-45(41)51(57)46-44(50(47)56)40(52)28-42(48(46)54)58-38-24-18-35(19-25-38)33-14-8-30(5-2)9-15-33/h12-13,18-31,33-34,53-55H,4-11,14-17,52H2,1-3H3. The van der Waals surface area contributed by atoms with E-state index in [1.807, 2.05) is 48.5 Å². The van der Waals surface area contributed by atoms with Crippen molar-refractivity contribution >= 4 is 28.6 Å². The molecule has 3 aliphatic carbocycles. The summed E-state index contributed by atoms with van der Waals surface area (Å²) in [6.07, 6.45) is 14.0. The number of carbonyl (C=O) groups excluding carboxylic acids is 2. The zero-order chi connectivity index (χ0) is 41.2. The van der Waals surface area contributed by atoms with Gasteiger partial charge in [-0.05, 0) is 135 Å². The Balaban J connectivity index is 1.12. The lowest BCUT2D eigenvalue weighted by atomic mass is 9.78. The van der Waals surface area contributed by atoms with Gasteiger partial charge in [0.25, 0.3) is 0 Å². The number of anilines is 3. The molecule has 2 saturated carbocycles. The summed E-state index contributed by atoms with van der Waals surface area (Å²) >= 11 is 0. The smallest absolute Gasteiger partial charge is 0.200 e. The van der Waals surface area contributed by atoms with Crippen LogP contribution in [0, 0.1) is 11.8 Å². The molecule has 8 rings (SSSR count). The second-order valence-corrected chi connectivity index (χ2v) is 16.9. The zero-order valence-corrected chi connectivity index (χ0v) is 34.5. The van der Waals surface area contributed by atoms with Gasteiger partial charge in [-0.15, -0.1) is 0 Å². The number of nitrogens with one attached hydrogen (secondary N) is 1. The average molecular weight is 793 g/mol. The quantitative estimate of drug-likeness (QED) is 0.0711. The number of hydrogen-bond acceptors (Lipinski definition) is 8. The Bertz CT molecular complexity index is 2320. The molecule has 8 nitrogen and oxygen atoms in total. The zero-order valence-electron chi connectivity index (χ0n) is 34.5. The topological polar surface area (TPSA) is 131 Å². The van der Waals surface area contributed by atoms with E-state index < -0.39 is 23.1 Å². The number of hydrogen-bond donors (Lipinski definition) is 4. The molecule has 5 aromatic rings. The highest BCUT2D eigenvalue weighted by atomic mass is 16.5. The molecule has 59 heavy (non-hydrogen) atoms. The first-order chi connectivity index (χ1) is 28.6. The minimum absolute atomic E-state index is 0.000686. The van der Waals surface area contributed by atoms with Gasteiger partial charge in [-0.2, -0.15) is 0 Å². The van der Waals surface area contributed by atoms with E-state index in [-0.39, 0.29) is 45.1 Å². The Morgan fingerprint density at radius 2 is 1.05 bits per heavy atom. The molecule has 5 aromatic carbocycles. The molecule has 0 aliphatic heterocycles. The van der Waals surface area contributed by atoms with Crippen molar-refractivity contribution in [1.29, 1.82) is 0 Å². The second kappa shape index (κ2) is 17.2. The van der Waals surface area contributed by atoms with Gasteiger partial charge >= 0.3 is 0 Å². The van der Waals surface area contributed by atoms with Crippen LogP contribution in [0.15, 0.2) is 84.9 Å². The van der Waals surface area contributed by atoms with Crippen LogP contribution in [0.3, 0.4) is 0 Å². The number of ketones is 2. The van der Waals surface area contributed by atoms with Crippen molar-refractivity contribution in [3.63, 3.8) is 0 Å². The molecule has 0 amide bonds. The molecule has 5 N–H and O–H groups in total. The van der Waals surface area contributed by atoms with Gasteiger partial charge in [0.1, 0.15) is 11.5 Å². The van der Waals surface area contributed by atoms with E-state index >= 15 is 0 Å². The van der Waals surface area contributed by atoms with Gasteiger partial charge in [0.2, 0.25) is 11.6 Å². The van der Waals surface area contributed by atoms with Gasteiger partial charge in [-0.1, -0.05) is 76.4 Å². The largest absolute Gasteiger partial charge is 0.504 e. The van der Waals surface area contributed by atoms with Gasteiger partial charge < -0.3 is 30.7 Å². The van der Waals surface area contributed by atoms with Crippen LogP contribution in [0.2, 0.25) is 0 Å². The molecule has 0 bridgehead atoms. The van der Waals surface area contributed by atoms with Crippen molar-refractivity contribution < 1.29 is 29.3 Å². The highest BCUT2D eigenvalue weighted by Crippen LogP contribution is 2.50. The normalized spacial score (nSPS) is 20.1. The molecule has 0 unspecified atom stereocenters. The third-order valence-corrected chi connectivity index (χ3v) is 13.2. The van der Waals surface area contributed by atoms with E-state index in [9.17, 15) is 19.8 Å². The number of rotatable bonds is 12. The predicted octanol–water partition coefficient (Wildman–Crippen LogP) is 13.1. The van der Waals surface area contributed by atoms with E-state index in [0.717, 1.165) is 50.4 Å². The fraction of sp³-hybridized carbons (Fsp3) is 0.373. The third kappa shape index (κ3) is 8.14. The summed E-state index contributed by atoms with van der Waals surface area (Å²) in [5.74, 6) is 1.12. The summed E-state index contributed by atoms with van der Waals surface area (Å²) in [5.41, 5.74) is 10.2. The molecule has 2 fully saturated rings. The maximum Gasteiger partial charge on any atom is 0.200 e. The maximum absolute atomic E-state index is 14.7. The number of carbonyl (C=O) groups is 2. The summed E-state index contributed by atoms with van der Waals surface area (Å²) < 4.78 is 12.4. The highest BCUT2D eigenvalue weighted by molar-refractivity contribution is 6.34. The van der Waals surface area contributed by atoms with Gasteiger partial charge in [-0.25, -0.2) is 0 Å². The van der Waals surface area contributed by atoms with Gasteiger partial charge in [-0.3, -0.25) is 9.59 Å². The van der Waals surface area contributed by atoms with Crippen LogP contribution in [0.5, 0.6) is 34.5 Å². The number of phenolic OH excluding ortho intramolecular Hbond substituents is 2. The number of fused-ring (bicyclic) bond motifs is 2. The molecule has 306 valence electrons. The summed E-state index contributed by atoms with van der Waals surface area (Å²) in [6, 6.07) is 26.4. The van der Waals surface area contributed by atoms with Crippen molar-refractivity contribution in [1.82, 2.24) is 0 Å². The van der Waals surface area contributed by atoms with E-state index in [0.29, 0.717) is 29.0 Å². The van der Waals surface area contributed by atoms with Crippen LogP contribution in [0.1, 0.15) is 152 Å². The number of aromatic hydroxyl groups is 2. The molecular formula is C51H56N2O6. The van der Waals surface area contributed by atoms with E-state index in [4.69, 9.17) is 15.2 Å². The molecule has 0 heterocycles. The summed E-state index contributed by atoms with van der Waals surface area (Å²) in [7, 11) is 0.